The van der Waals surface area contributed by atoms with Gasteiger partial charge in [0, 0.05) is 12.8 Å². The highest BCUT2D eigenvalue weighted by atomic mass is 31.2. The monoisotopic (exact) mass is 528 g/mol. The van der Waals surface area contributed by atoms with Crippen molar-refractivity contribution in [2.45, 2.75) is 103 Å². The summed E-state index contributed by atoms with van der Waals surface area (Å²) in [5, 5.41) is 1.96. The van der Waals surface area contributed by atoms with Gasteiger partial charge >= 0.3 is 14.6 Å². The molecule has 2 unspecified atom stereocenters. The smallest absolute Gasteiger partial charge is 0.330 e. The third-order valence-electron chi connectivity index (χ3n) is 5.94. The number of rotatable bonds is 24. The van der Waals surface area contributed by atoms with Gasteiger partial charge in [-0.1, -0.05) is 90.2 Å². The van der Waals surface area contributed by atoms with Gasteiger partial charge in [-0.25, -0.2) is 0 Å². The van der Waals surface area contributed by atoms with Crippen LogP contribution in [0.15, 0.2) is 24.3 Å². The van der Waals surface area contributed by atoms with E-state index in [4.69, 9.17) is 18.5 Å². The first-order valence-corrected chi connectivity index (χ1v) is 15.2. The molecule has 3 N–H and O–H groups in total. The molecule has 0 bridgehead atoms. The van der Waals surface area contributed by atoms with Crippen molar-refractivity contribution in [3.8, 4) is 5.75 Å². The molecule has 36 heavy (non-hydrogen) atoms. The van der Waals surface area contributed by atoms with Gasteiger partial charge in [-0.15, -0.1) is 0 Å². The lowest BCUT2D eigenvalue weighted by Gasteiger charge is -2.19. The highest BCUT2D eigenvalue weighted by Gasteiger charge is 2.18. The van der Waals surface area contributed by atoms with Crippen LogP contribution in [-0.4, -0.2) is 50.4 Å². The van der Waals surface area contributed by atoms with Gasteiger partial charge in [0.25, 0.3) is 0 Å². The van der Waals surface area contributed by atoms with Crippen LogP contribution < -0.4 is 10.1 Å². The summed E-state index contributed by atoms with van der Waals surface area (Å²) in [7, 11) is -0.0610. The molecule has 0 aliphatic rings. The number of hydrogen-bond acceptors (Lipinski definition) is 6. The normalized spacial score (nSPS) is 12.9. The zero-order valence-electron chi connectivity index (χ0n) is 22.9. The lowest BCUT2D eigenvalue weighted by molar-refractivity contribution is -0.627. The molecule has 208 valence electrons. The summed E-state index contributed by atoms with van der Waals surface area (Å²) in [6, 6.07) is 7.88. The lowest BCUT2D eigenvalue weighted by Crippen LogP contribution is -2.80. The van der Waals surface area contributed by atoms with E-state index in [1.54, 1.807) is 6.92 Å². The largest absolute Gasteiger partial charge is 0.494 e. The molecule has 1 aromatic rings. The average molecular weight is 529 g/mol. The van der Waals surface area contributed by atoms with E-state index in [2.05, 4.69) is 6.92 Å². The minimum absolute atomic E-state index is 0.0770. The number of carbonyl (C=O) groups excluding carboxylic acids is 1. The van der Waals surface area contributed by atoms with Crippen LogP contribution in [0.25, 0.3) is 0 Å². The number of quaternary nitrogens is 1. The lowest BCUT2D eigenvalue weighted by atomic mass is 10.1. The molecule has 1 aromatic carbocycles. The first-order valence-electron chi connectivity index (χ1n) is 14.0. The first kappa shape index (κ1) is 32.8. The Hall–Kier alpha value is -1.24. The van der Waals surface area contributed by atoms with Crippen LogP contribution in [-0.2, 0) is 25.0 Å². The number of nitrogens with two attached hydrogens (primary N) is 1. The second-order valence-electron chi connectivity index (χ2n) is 9.26. The number of hydrogen-bond donors (Lipinski definition) is 2. The van der Waals surface area contributed by atoms with Gasteiger partial charge in [0.1, 0.15) is 18.5 Å². The van der Waals surface area contributed by atoms with Gasteiger partial charge in [-0.2, -0.15) is 0 Å². The Morgan fingerprint density at radius 3 is 2.25 bits per heavy atom. The highest BCUT2D eigenvalue weighted by molar-refractivity contribution is 7.40. The maximum Gasteiger partial charge on any atom is 0.330 e. The van der Waals surface area contributed by atoms with E-state index in [-0.39, 0.29) is 19.0 Å². The molecule has 1 rings (SSSR count). The predicted octanol–water partition coefficient (Wildman–Crippen LogP) is 5.69. The predicted molar refractivity (Wildman–Crippen MR) is 146 cm³/mol. The van der Waals surface area contributed by atoms with Crippen molar-refractivity contribution in [1.82, 2.24) is 0 Å². The topological polar surface area (TPSA) is 90.8 Å². The Balaban J connectivity index is 2.32. The molecule has 0 spiro atoms. The first-order chi connectivity index (χ1) is 17.6. The summed E-state index contributed by atoms with van der Waals surface area (Å²) >= 11 is 0. The van der Waals surface area contributed by atoms with Gasteiger partial charge in [0.2, 0.25) is 0 Å². The molecule has 0 saturated carbocycles. The summed E-state index contributed by atoms with van der Waals surface area (Å²) in [5.41, 5.74) is 0.993. The molecule has 0 fully saturated rings. The summed E-state index contributed by atoms with van der Waals surface area (Å²) < 4.78 is 22.2. The molecule has 0 aliphatic carbocycles. The molecule has 0 amide bonds. The van der Waals surface area contributed by atoms with Crippen LogP contribution in [0.2, 0.25) is 0 Å². The van der Waals surface area contributed by atoms with Crippen LogP contribution in [0.4, 0.5) is 0 Å². The van der Waals surface area contributed by atoms with E-state index in [1.165, 1.54) is 64.2 Å². The van der Waals surface area contributed by atoms with Crippen molar-refractivity contribution in [1.29, 1.82) is 0 Å². The van der Waals surface area contributed by atoms with Crippen LogP contribution in [0.5, 0.6) is 5.75 Å². The SMILES string of the molecule is CCCCCCCCCCCCCOc1cccc(CC(COP(O)OCC[NH2+]C)OC(=O)CC)c1. The third-order valence-corrected chi connectivity index (χ3v) is 6.72. The van der Waals surface area contributed by atoms with Gasteiger partial charge in [0.15, 0.2) is 0 Å². The van der Waals surface area contributed by atoms with Crippen LogP contribution in [0.1, 0.15) is 96.5 Å². The second-order valence-corrected chi connectivity index (χ2v) is 10.3. The van der Waals surface area contributed by atoms with Gasteiger partial charge in [0.05, 0.1) is 26.8 Å². The highest BCUT2D eigenvalue weighted by Crippen LogP contribution is 2.32. The van der Waals surface area contributed by atoms with Gasteiger partial charge in [-0.3, -0.25) is 4.79 Å². The number of carbonyl (C=O) groups is 1. The summed E-state index contributed by atoms with van der Waals surface area (Å²) in [6.45, 7) is 5.94. The number of unbranched alkanes of at least 4 members (excludes halogenated alkanes) is 10. The Morgan fingerprint density at radius 1 is 0.944 bits per heavy atom. The molecule has 7 nitrogen and oxygen atoms in total. The second kappa shape index (κ2) is 22.9. The van der Waals surface area contributed by atoms with E-state index >= 15 is 0 Å². The zero-order chi connectivity index (χ0) is 26.3. The van der Waals surface area contributed by atoms with Crippen molar-refractivity contribution in [3.63, 3.8) is 0 Å². The van der Waals surface area contributed by atoms with Crippen molar-refractivity contribution in [2.24, 2.45) is 0 Å². The van der Waals surface area contributed by atoms with Crippen molar-refractivity contribution < 1.29 is 33.5 Å². The summed E-state index contributed by atoms with van der Waals surface area (Å²) in [6.07, 6.45) is 14.7. The number of likely N-dealkylation sites (N-methyl/N-ethyl adjacent to an activating group) is 1. The quantitative estimate of drug-likeness (QED) is 0.102. The minimum Gasteiger partial charge on any atom is -0.494 e. The fraction of sp³-hybridized carbons (Fsp3) is 0.750. The van der Waals surface area contributed by atoms with E-state index in [1.807, 2.05) is 36.6 Å². The minimum atomic E-state index is -1.99. The van der Waals surface area contributed by atoms with Crippen molar-refractivity contribution in [3.05, 3.63) is 29.8 Å². The maximum atomic E-state index is 11.9. The number of esters is 1. The van der Waals surface area contributed by atoms with Gasteiger partial charge < -0.3 is 28.7 Å². The Morgan fingerprint density at radius 2 is 1.61 bits per heavy atom. The molecular weight excluding hydrogens is 477 g/mol. The fourth-order valence-electron chi connectivity index (χ4n) is 3.82. The third kappa shape index (κ3) is 18.1. The summed E-state index contributed by atoms with van der Waals surface area (Å²) in [4.78, 5) is 21.8. The Labute approximate surface area is 220 Å². The van der Waals surface area contributed by atoms with Crippen molar-refractivity contribution in [2.75, 3.05) is 33.4 Å². The van der Waals surface area contributed by atoms with E-state index in [0.717, 1.165) is 24.3 Å². The van der Waals surface area contributed by atoms with Gasteiger partial charge in [-0.05, 0) is 24.1 Å². The number of ether oxygens (including phenoxy) is 2. The zero-order valence-corrected chi connectivity index (χ0v) is 23.8. The van der Waals surface area contributed by atoms with Crippen LogP contribution >= 0.6 is 8.60 Å². The maximum absolute atomic E-state index is 11.9. The fourth-order valence-corrected chi connectivity index (χ4v) is 4.45. The van der Waals surface area contributed by atoms with Crippen LogP contribution in [0.3, 0.4) is 0 Å². The Bertz CT molecular complexity index is 663. The molecule has 0 aromatic heterocycles. The summed E-state index contributed by atoms with van der Waals surface area (Å²) in [5.74, 6) is 0.529. The molecule has 8 heteroatoms. The van der Waals surface area contributed by atoms with E-state index in [0.29, 0.717) is 19.6 Å². The number of benzene rings is 1. The standard InChI is InChI=1S/C28H50NO6P/c1-4-6-7-8-9-10-11-12-13-14-15-20-32-26-18-16-17-25(22-26)23-27(35-28(30)5-2)24-34-36(31)33-21-19-29-3/h16-18,22,27,29,31H,4-15,19-21,23-24H2,1-3H3/p+1. The van der Waals surface area contributed by atoms with E-state index in [9.17, 15) is 9.69 Å². The molecule has 0 aliphatic heterocycles. The van der Waals surface area contributed by atoms with Crippen molar-refractivity contribution >= 4 is 14.6 Å². The average Bonchev–Trinajstić information content (AvgIpc) is 2.88. The molecule has 0 radical (unpaired) electrons. The molecule has 0 heterocycles. The van der Waals surface area contributed by atoms with E-state index < -0.39 is 14.7 Å². The molecular formula is C28H51NO6P+. The van der Waals surface area contributed by atoms with Crippen LogP contribution in [0, 0.1) is 0 Å². The molecule has 0 saturated heterocycles. The molecule has 2 atom stereocenters. The Kier molecular flexibility index (Phi) is 20.9.